The highest BCUT2D eigenvalue weighted by Crippen LogP contribution is 2.25. The largest absolute Gasteiger partial charge is 0.480 e. The number of nitrogens with zero attached hydrogens (tertiary/aromatic N) is 2. The summed E-state index contributed by atoms with van der Waals surface area (Å²) >= 11 is 0. The molecule has 108 valence electrons. The average Bonchev–Trinajstić information content (AvgIpc) is 2.50. The molecule has 1 amide bonds. The molecule has 1 aromatic carbocycles. The number of rotatable bonds is 3. The first-order chi connectivity index (χ1) is 10.1. The average molecular weight is 286 g/mol. The summed E-state index contributed by atoms with van der Waals surface area (Å²) in [6.45, 7) is 3.57. The zero-order valence-electron chi connectivity index (χ0n) is 11.3. The number of fused-ring (bicyclic) bond motifs is 1. The van der Waals surface area contributed by atoms with Gasteiger partial charge in [-0.25, -0.2) is 9.59 Å². The second-order valence-corrected chi connectivity index (χ2v) is 4.65. The molecule has 0 bridgehead atoms. The van der Waals surface area contributed by atoms with Crippen LogP contribution < -0.4 is 0 Å². The number of hydrogen-bond donors (Lipinski definition) is 1. The van der Waals surface area contributed by atoms with Crippen LogP contribution in [0.25, 0.3) is 0 Å². The second-order valence-electron chi connectivity index (χ2n) is 4.65. The minimum Gasteiger partial charge on any atom is -0.480 e. The summed E-state index contributed by atoms with van der Waals surface area (Å²) in [5.74, 6) is -1.08. The van der Waals surface area contributed by atoms with Crippen LogP contribution in [-0.2, 0) is 22.5 Å². The van der Waals surface area contributed by atoms with E-state index in [1.165, 1.54) is 6.08 Å². The molecule has 0 saturated heterocycles. The SMILES string of the molecule is C=CCOC(=O)N1Cc2cc(C#N)ccc2CC1C(=O)O. The van der Waals surface area contributed by atoms with E-state index in [4.69, 9.17) is 10.00 Å². The first kappa shape index (κ1) is 14.6. The highest BCUT2D eigenvalue weighted by atomic mass is 16.6. The topological polar surface area (TPSA) is 90.6 Å². The predicted molar refractivity (Wildman–Crippen MR) is 73.4 cm³/mol. The van der Waals surface area contributed by atoms with E-state index in [9.17, 15) is 14.7 Å². The number of amides is 1. The number of nitriles is 1. The van der Waals surface area contributed by atoms with Gasteiger partial charge >= 0.3 is 12.1 Å². The van der Waals surface area contributed by atoms with E-state index in [1.807, 2.05) is 6.07 Å². The molecule has 6 nitrogen and oxygen atoms in total. The molecule has 21 heavy (non-hydrogen) atoms. The summed E-state index contributed by atoms with van der Waals surface area (Å²) in [7, 11) is 0. The van der Waals surface area contributed by atoms with Crippen molar-refractivity contribution < 1.29 is 19.4 Å². The molecule has 2 rings (SSSR count). The van der Waals surface area contributed by atoms with Gasteiger partial charge in [-0.3, -0.25) is 4.90 Å². The Morgan fingerprint density at radius 2 is 2.29 bits per heavy atom. The third-order valence-corrected chi connectivity index (χ3v) is 3.31. The van der Waals surface area contributed by atoms with Gasteiger partial charge in [0.25, 0.3) is 0 Å². The fraction of sp³-hybridized carbons (Fsp3) is 0.267. The number of benzene rings is 1. The van der Waals surface area contributed by atoms with Gasteiger partial charge in [0.15, 0.2) is 0 Å². The van der Waals surface area contributed by atoms with Gasteiger partial charge in [-0.1, -0.05) is 18.7 Å². The third-order valence-electron chi connectivity index (χ3n) is 3.31. The highest BCUT2D eigenvalue weighted by Gasteiger charge is 2.35. The van der Waals surface area contributed by atoms with Gasteiger partial charge in [0.05, 0.1) is 18.2 Å². The van der Waals surface area contributed by atoms with Crippen molar-refractivity contribution in [1.29, 1.82) is 5.26 Å². The van der Waals surface area contributed by atoms with E-state index in [1.54, 1.807) is 18.2 Å². The maximum atomic E-state index is 12.0. The van der Waals surface area contributed by atoms with Crippen molar-refractivity contribution in [2.24, 2.45) is 0 Å². The van der Waals surface area contributed by atoms with Crippen LogP contribution in [-0.4, -0.2) is 34.7 Å². The number of carboxylic acid groups (broad SMARTS) is 1. The molecule has 1 heterocycles. The zero-order chi connectivity index (χ0) is 15.4. The molecule has 0 spiro atoms. The molecule has 1 aliphatic rings. The molecule has 6 heteroatoms. The van der Waals surface area contributed by atoms with Crippen molar-refractivity contribution in [1.82, 2.24) is 4.90 Å². The van der Waals surface area contributed by atoms with Crippen LogP contribution in [0.15, 0.2) is 30.9 Å². The summed E-state index contributed by atoms with van der Waals surface area (Å²) in [4.78, 5) is 24.5. The fourth-order valence-corrected chi connectivity index (χ4v) is 2.28. The molecule has 0 aromatic heterocycles. The molecule has 1 N–H and O–H groups in total. The molecule has 1 aromatic rings. The van der Waals surface area contributed by atoms with Gasteiger partial charge in [0.2, 0.25) is 0 Å². The van der Waals surface area contributed by atoms with Crippen LogP contribution in [0.5, 0.6) is 0 Å². The Morgan fingerprint density at radius 1 is 1.52 bits per heavy atom. The molecule has 1 atom stereocenters. The van der Waals surface area contributed by atoms with E-state index in [0.717, 1.165) is 16.0 Å². The first-order valence-electron chi connectivity index (χ1n) is 6.35. The number of ether oxygens (including phenoxy) is 1. The first-order valence-corrected chi connectivity index (χ1v) is 6.35. The number of carbonyl (C=O) groups is 2. The van der Waals surface area contributed by atoms with E-state index >= 15 is 0 Å². The van der Waals surface area contributed by atoms with E-state index in [-0.39, 0.29) is 19.6 Å². The fourth-order valence-electron chi connectivity index (χ4n) is 2.28. The molecule has 1 aliphatic heterocycles. The molecular weight excluding hydrogens is 272 g/mol. The highest BCUT2D eigenvalue weighted by molar-refractivity contribution is 5.81. The third kappa shape index (κ3) is 3.03. The van der Waals surface area contributed by atoms with Crippen LogP contribution in [0.2, 0.25) is 0 Å². The van der Waals surface area contributed by atoms with E-state index < -0.39 is 18.1 Å². The minimum atomic E-state index is -1.08. The Bertz CT molecular complexity index is 633. The van der Waals surface area contributed by atoms with Gasteiger partial charge < -0.3 is 9.84 Å². The monoisotopic (exact) mass is 286 g/mol. The minimum absolute atomic E-state index is 0.0206. The number of carbonyl (C=O) groups excluding carboxylic acids is 1. The van der Waals surface area contributed by atoms with Gasteiger partial charge in [0, 0.05) is 6.42 Å². The lowest BCUT2D eigenvalue weighted by atomic mass is 9.93. The van der Waals surface area contributed by atoms with Crippen LogP contribution in [0.4, 0.5) is 4.79 Å². The summed E-state index contributed by atoms with van der Waals surface area (Å²) in [5.41, 5.74) is 2.07. The maximum Gasteiger partial charge on any atom is 0.411 e. The van der Waals surface area contributed by atoms with Crippen molar-refractivity contribution in [3.8, 4) is 6.07 Å². The summed E-state index contributed by atoms with van der Waals surface area (Å²) < 4.78 is 4.92. The van der Waals surface area contributed by atoms with Crippen molar-refractivity contribution in [2.45, 2.75) is 19.0 Å². The summed E-state index contributed by atoms with van der Waals surface area (Å²) in [6, 6.07) is 6.10. The molecule has 1 unspecified atom stereocenters. The Morgan fingerprint density at radius 3 is 2.90 bits per heavy atom. The molecule has 0 saturated carbocycles. The van der Waals surface area contributed by atoms with Crippen LogP contribution in [0, 0.1) is 11.3 Å². The Balaban J connectivity index is 2.31. The number of hydrogen-bond acceptors (Lipinski definition) is 4. The zero-order valence-corrected chi connectivity index (χ0v) is 11.3. The Kier molecular flexibility index (Phi) is 4.24. The quantitative estimate of drug-likeness (QED) is 0.854. The molecular formula is C15H14N2O4. The smallest absolute Gasteiger partial charge is 0.411 e. The number of aliphatic carboxylic acids is 1. The van der Waals surface area contributed by atoms with Crippen molar-refractivity contribution in [2.75, 3.05) is 6.61 Å². The van der Waals surface area contributed by atoms with Gasteiger partial charge in [0.1, 0.15) is 12.6 Å². The lowest BCUT2D eigenvalue weighted by Gasteiger charge is -2.33. The number of carboxylic acids is 1. The Hall–Kier alpha value is -2.81. The van der Waals surface area contributed by atoms with Gasteiger partial charge in [-0.15, -0.1) is 0 Å². The van der Waals surface area contributed by atoms with Crippen LogP contribution in [0.1, 0.15) is 16.7 Å². The van der Waals surface area contributed by atoms with Crippen molar-refractivity contribution in [3.05, 3.63) is 47.5 Å². The van der Waals surface area contributed by atoms with Crippen molar-refractivity contribution in [3.63, 3.8) is 0 Å². The van der Waals surface area contributed by atoms with Gasteiger partial charge in [-0.2, -0.15) is 5.26 Å². The van der Waals surface area contributed by atoms with Gasteiger partial charge in [-0.05, 0) is 23.3 Å². The lowest BCUT2D eigenvalue weighted by Crippen LogP contribution is -2.48. The summed E-state index contributed by atoms with van der Waals surface area (Å²) in [6.07, 6.45) is 0.911. The second kappa shape index (κ2) is 6.09. The predicted octanol–water partition coefficient (Wildman–Crippen LogP) is 1.69. The molecule has 0 radical (unpaired) electrons. The normalized spacial score (nSPS) is 16.5. The van der Waals surface area contributed by atoms with E-state index in [2.05, 4.69) is 6.58 Å². The molecule has 0 aliphatic carbocycles. The maximum absolute atomic E-state index is 12.0. The van der Waals surface area contributed by atoms with E-state index in [0.29, 0.717) is 5.56 Å². The van der Waals surface area contributed by atoms with Crippen molar-refractivity contribution >= 4 is 12.1 Å². The molecule has 0 fully saturated rings. The Labute approximate surface area is 121 Å². The van der Waals surface area contributed by atoms with Crippen LogP contribution >= 0.6 is 0 Å². The lowest BCUT2D eigenvalue weighted by molar-refractivity contribution is -0.143. The summed E-state index contributed by atoms with van der Waals surface area (Å²) in [5, 5.41) is 18.2. The standard InChI is InChI=1S/C15H14N2O4/c1-2-5-21-15(20)17-9-12-6-10(8-16)3-4-11(12)7-13(17)14(18)19/h2-4,6,13H,1,5,7,9H2,(H,18,19). The van der Waals surface area contributed by atoms with Crippen LogP contribution in [0.3, 0.4) is 0 Å².